The lowest BCUT2D eigenvalue weighted by atomic mass is 10.2. The van der Waals surface area contributed by atoms with Gasteiger partial charge in [0.15, 0.2) is 0 Å². The first kappa shape index (κ1) is 10.9. The predicted molar refractivity (Wildman–Crippen MR) is 52.8 cm³/mol. The molecule has 16 heavy (non-hydrogen) atoms. The minimum Gasteiger partial charge on any atom is -0.325 e. The molecule has 0 unspecified atom stereocenters. The molecular weight excluding hydrogens is 219 g/mol. The topological polar surface area (TPSA) is 43.3 Å². The van der Waals surface area contributed by atoms with Crippen LogP contribution in [0, 0.1) is 6.92 Å². The van der Waals surface area contributed by atoms with Gasteiger partial charge in [-0.2, -0.15) is 13.2 Å². The number of aryl methyl sites for hydroxylation is 1. The van der Waals surface area contributed by atoms with E-state index in [9.17, 15) is 13.2 Å². The molecule has 0 amide bonds. The Morgan fingerprint density at radius 2 is 2.12 bits per heavy atom. The van der Waals surface area contributed by atoms with Crippen molar-refractivity contribution >= 4 is 5.52 Å². The number of nitrogens with two attached hydrogens (primary N) is 1. The fourth-order valence-electron chi connectivity index (χ4n) is 1.60. The van der Waals surface area contributed by atoms with Gasteiger partial charge in [0.05, 0.1) is 11.2 Å². The molecule has 0 aliphatic heterocycles. The minimum absolute atomic E-state index is 0.0109. The van der Waals surface area contributed by atoms with E-state index in [0.29, 0.717) is 5.52 Å². The minimum atomic E-state index is -4.47. The van der Waals surface area contributed by atoms with Crippen LogP contribution in [0.2, 0.25) is 0 Å². The first-order chi connectivity index (χ1) is 7.43. The van der Waals surface area contributed by atoms with E-state index in [2.05, 4.69) is 4.98 Å². The third kappa shape index (κ3) is 1.65. The lowest BCUT2D eigenvalue weighted by molar-refractivity contribution is -0.145. The quantitative estimate of drug-likeness (QED) is 0.813. The first-order valence-corrected chi connectivity index (χ1v) is 4.68. The molecule has 0 spiro atoms. The van der Waals surface area contributed by atoms with Gasteiger partial charge in [-0.25, -0.2) is 4.98 Å². The molecule has 2 heterocycles. The number of hydrogen-bond donors (Lipinski definition) is 1. The molecule has 3 nitrogen and oxygen atoms in total. The Morgan fingerprint density at radius 3 is 2.69 bits per heavy atom. The summed E-state index contributed by atoms with van der Waals surface area (Å²) >= 11 is 0. The van der Waals surface area contributed by atoms with Crippen LogP contribution < -0.4 is 5.73 Å². The number of nitrogens with zero attached hydrogens (tertiary/aromatic N) is 2. The second kappa shape index (κ2) is 3.48. The molecule has 2 rings (SSSR count). The number of halogens is 3. The average Bonchev–Trinajstić information content (AvgIpc) is 2.55. The van der Waals surface area contributed by atoms with Gasteiger partial charge >= 0.3 is 6.18 Å². The van der Waals surface area contributed by atoms with Gasteiger partial charge in [0, 0.05) is 12.7 Å². The monoisotopic (exact) mass is 229 g/mol. The zero-order valence-corrected chi connectivity index (χ0v) is 8.54. The van der Waals surface area contributed by atoms with Gasteiger partial charge in [0.25, 0.3) is 0 Å². The van der Waals surface area contributed by atoms with Crippen LogP contribution in [0.25, 0.3) is 5.52 Å². The summed E-state index contributed by atoms with van der Waals surface area (Å²) in [6, 6.07) is 3.24. The number of imidazole rings is 1. The van der Waals surface area contributed by atoms with Crippen molar-refractivity contribution in [1.29, 1.82) is 0 Å². The largest absolute Gasteiger partial charge is 0.450 e. The zero-order chi connectivity index (χ0) is 11.9. The molecule has 0 atom stereocenters. The highest BCUT2D eigenvalue weighted by Crippen LogP contribution is 2.30. The van der Waals surface area contributed by atoms with Crippen LogP contribution in [0.4, 0.5) is 13.2 Å². The van der Waals surface area contributed by atoms with Crippen molar-refractivity contribution in [3.8, 4) is 0 Å². The van der Waals surface area contributed by atoms with Crippen molar-refractivity contribution in [3.05, 3.63) is 35.4 Å². The predicted octanol–water partition coefficient (Wildman–Crippen LogP) is 2.12. The highest BCUT2D eigenvalue weighted by molar-refractivity contribution is 5.55. The van der Waals surface area contributed by atoms with E-state index in [4.69, 9.17) is 5.73 Å². The second-order valence-corrected chi connectivity index (χ2v) is 3.54. The summed E-state index contributed by atoms with van der Waals surface area (Å²) in [7, 11) is 0. The highest BCUT2D eigenvalue weighted by atomic mass is 19.4. The summed E-state index contributed by atoms with van der Waals surface area (Å²) in [5.74, 6) is -0.928. The third-order valence-electron chi connectivity index (χ3n) is 2.32. The van der Waals surface area contributed by atoms with Crippen molar-refractivity contribution in [2.75, 3.05) is 0 Å². The molecule has 6 heteroatoms. The van der Waals surface area contributed by atoms with Crippen LogP contribution in [0.15, 0.2) is 18.3 Å². The molecule has 2 aromatic heterocycles. The van der Waals surface area contributed by atoms with Crippen molar-refractivity contribution in [3.63, 3.8) is 0 Å². The summed E-state index contributed by atoms with van der Waals surface area (Å²) in [6.07, 6.45) is -3.11. The van der Waals surface area contributed by atoms with Gasteiger partial charge in [0.2, 0.25) is 5.82 Å². The molecule has 0 saturated carbocycles. The van der Waals surface area contributed by atoms with E-state index in [1.807, 2.05) is 0 Å². The molecule has 0 fully saturated rings. The van der Waals surface area contributed by atoms with Gasteiger partial charge in [-0.3, -0.25) is 4.40 Å². The van der Waals surface area contributed by atoms with E-state index in [-0.39, 0.29) is 12.2 Å². The summed E-state index contributed by atoms with van der Waals surface area (Å²) in [5.41, 5.74) is 6.92. The lowest BCUT2D eigenvalue weighted by Crippen LogP contribution is -2.10. The Balaban J connectivity index is 2.78. The van der Waals surface area contributed by atoms with Crippen LogP contribution in [-0.4, -0.2) is 9.38 Å². The number of fused-ring (bicyclic) bond motifs is 1. The zero-order valence-electron chi connectivity index (χ0n) is 8.54. The number of aromatic nitrogens is 2. The van der Waals surface area contributed by atoms with Crippen molar-refractivity contribution in [1.82, 2.24) is 9.38 Å². The number of pyridine rings is 1. The van der Waals surface area contributed by atoms with E-state index in [1.54, 1.807) is 19.1 Å². The molecular formula is C10H10F3N3. The molecule has 0 bridgehead atoms. The van der Waals surface area contributed by atoms with Crippen LogP contribution in [0.1, 0.15) is 17.1 Å². The maximum Gasteiger partial charge on any atom is 0.450 e. The van der Waals surface area contributed by atoms with Crippen LogP contribution >= 0.6 is 0 Å². The average molecular weight is 229 g/mol. The molecule has 2 aromatic rings. The second-order valence-electron chi connectivity index (χ2n) is 3.54. The summed E-state index contributed by atoms with van der Waals surface area (Å²) in [4.78, 5) is 3.53. The third-order valence-corrected chi connectivity index (χ3v) is 2.32. The molecule has 0 aliphatic carbocycles. The van der Waals surface area contributed by atoms with Crippen molar-refractivity contribution in [2.24, 2.45) is 5.73 Å². The normalized spacial score (nSPS) is 12.3. The van der Waals surface area contributed by atoms with Gasteiger partial charge in [-0.1, -0.05) is 0 Å². The van der Waals surface area contributed by atoms with Crippen molar-refractivity contribution < 1.29 is 13.2 Å². The van der Waals surface area contributed by atoms with Gasteiger partial charge in [-0.15, -0.1) is 0 Å². The molecule has 0 saturated heterocycles. The number of alkyl halides is 3. The standard InChI is InChI=1S/C10H10F3N3/c1-6-2-3-16-8(4-6)7(5-14)15-9(16)10(11,12)13/h2-4H,5,14H2,1H3. The maximum absolute atomic E-state index is 12.6. The molecule has 86 valence electrons. The number of rotatable bonds is 1. The Bertz CT molecular complexity index is 528. The fraction of sp³-hybridized carbons (Fsp3) is 0.300. The Morgan fingerprint density at radius 1 is 1.44 bits per heavy atom. The van der Waals surface area contributed by atoms with Crippen LogP contribution in [-0.2, 0) is 12.7 Å². The lowest BCUT2D eigenvalue weighted by Gasteiger charge is -2.04. The van der Waals surface area contributed by atoms with Crippen molar-refractivity contribution in [2.45, 2.75) is 19.6 Å². The fourth-order valence-corrected chi connectivity index (χ4v) is 1.60. The SMILES string of the molecule is Cc1ccn2c(C(F)(F)F)nc(CN)c2c1. The first-order valence-electron chi connectivity index (χ1n) is 4.68. The van der Waals surface area contributed by atoms with E-state index < -0.39 is 12.0 Å². The Kier molecular flexibility index (Phi) is 2.38. The summed E-state index contributed by atoms with van der Waals surface area (Å²) in [5, 5.41) is 0. The Labute approximate surface area is 89.7 Å². The molecule has 0 radical (unpaired) electrons. The van der Waals surface area contributed by atoms with Gasteiger partial charge < -0.3 is 5.73 Å². The van der Waals surface area contributed by atoms with Crippen LogP contribution in [0.3, 0.4) is 0 Å². The summed E-state index contributed by atoms with van der Waals surface area (Å²) < 4.78 is 39.0. The molecule has 0 aliphatic rings. The molecule has 2 N–H and O–H groups in total. The van der Waals surface area contributed by atoms with E-state index in [0.717, 1.165) is 9.96 Å². The highest BCUT2D eigenvalue weighted by Gasteiger charge is 2.36. The van der Waals surface area contributed by atoms with Gasteiger partial charge in [0.1, 0.15) is 0 Å². The Hall–Kier alpha value is -1.56. The maximum atomic E-state index is 12.6. The van der Waals surface area contributed by atoms with E-state index in [1.165, 1.54) is 6.20 Å². The van der Waals surface area contributed by atoms with E-state index >= 15 is 0 Å². The number of hydrogen-bond acceptors (Lipinski definition) is 2. The molecule has 0 aromatic carbocycles. The smallest absolute Gasteiger partial charge is 0.325 e. The summed E-state index contributed by atoms with van der Waals surface area (Å²) in [6.45, 7) is 1.80. The van der Waals surface area contributed by atoms with Crippen LogP contribution in [0.5, 0.6) is 0 Å². The van der Waals surface area contributed by atoms with Gasteiger partial charge in [-0.05, 0) is 24.6 Å².